The minimum atomic E-state index is -4.00. The number of benzene rings is 3. The quantitative estimate of drug-likeness (QED) is 0.104. The van der Waals surface area contributed by atoms with Gasteiger partial charge in [0, 0.05) is 0 Å². The number of hydrogen-bond acceptors (Lipinski definition) is 5. The second kappa shape index (κ2) is 18.9. The molecule has 0 atom stereocenters. The molecular formula is C36H50O5S2. The van der Waals surface area contributed by atoms with Crippen LogP contribution in [0.5, 0.6) is 5.75 Å². The predicted molar refractivity (Wildman–Crippen MR) is 175 cm³/mol. The summed E-state index contributed by atoms with van der Waals surface area (Å²) < 4.78 is 59.6. The van der Waals surface area contributed by atoms with Crippen molar-refractivity contribution in [1.29, 1.82) is 0 Å². The first-order chi connectivity index (χ1) is 20.9. The van der Waals surface area contributed by atoms with Gasteiger partial charge in [0.1, 0.15) is 10.6 Å². The molecule has 3 rings (SSSR count). The lowest BCUT2D eigenvalue weighted by atomic mass is 10.0. The molecule has 0 aliphatic heterocycles. The minimum absolute atomic E-state index is 0.0806. The number of unbranched alkanes of at least 4 members (excludes halogenated alkanes) is 15. The second-order valence-electron chi connectivity index (χ2n) is 11.4. The number of rotatable bonds is 22. The van der Waals surface area contributed by atoms with Crippen molar-refractivity contribution in [3.8, 4) is 5.75 Å². The van der Waals surface area contributed by atoms with Crippen molar-refractivity contribution in [3.05, 3.63) is 78.9 Å². The van der Waals surface area contributed by atoms with Crippen molar-refractivity contribution >= 4 is 19.7 Å². The van der Waals surface area contributed by atoms with Gasteiger partial charge in [-0.1, -0.05) is 140 Å². The molecule has 3 aromatic carbocycles. The Hall–Kier alpha value is -2.64. The molecule has 43 heavy (non-hydrogen) atoms. The van der Waals surface area contributed by atoms with Crippen molar-refractivity contribution < 1.29 is 21.6 Å². The van der Waals surface area contributed by atoms with Gasteiger partial charge in [0.25, 0.3) is 0 Å². The molecule has 0 aromatic heterocycles. The summed E-state index contributed by atoms with van der Waals surface area (Å²) in [5, 5.41) is 0. The van der Waals surface area contributed by atoms with Gasteiger partial charge in [-0.05, 0) is 48.9 Å². The molecule has 5 nitrogen and oxygen atoms in total. The first-order valence-corrected chi connectivity index (χ1v) is 19.2. The van der Waals surface area contributed by atoms with Crippen LogP contribution in [0, 0.1) is 0 Å². The van der Waals surface area contributed by atoms with E-state index in [-0.39, 0.29) is 25.3 Å². The third-order valence-electron chi connectivity index (χ3n) is 7.88. The molecule has 0 saturated carbocycles. The van der Waals surface area contributed by atoms with E-state index in [1.165, 1.54) is 126 Å². The third-order valence-corrected chi connectivity index (χ3v) is 11.4. The van der Waals surface area contributed by atoms with E-state index in [0.29, 0.717) is 6.61 Å². The molecule has 7 heteroatoms. The zero-order valence-corrected chi connectivity index (χ0v) is 27.5. The van der Waals surface area contributed by atoms with E-state index < -0.39 is 19.7 Å². The average Bonchev–Trinajstić information content (AvgIpc) is 3.03. The highest BCUT2D eigenvalue weighted by Crippen LogP contribution is 2.33. The van der Waals surface area contributed by atoms with Gasteiger partial charge in [0.15, 0.2) is 0 Å². The molecule has 0 radical (unpaired) electrons. The first kappa shape index (κ1) is 34.8. The maximum atomic E-state index is 13.6. The molecule has 3 aromatic rings. The van der Waals surface area contributed by atoms with Crippen LogP contribution in [0.25, 0.3) is 0 Å². The fourth-order valence-corrected chi connectivity index (χ4v) is 8.11. The van der Waals surface area contributed by atoms with Crippen molar-refractivity contribution in [1.82, 2.24) is 0 Å². The lowest BCUT2D eigenvalue weighted by molar-refractivity contribution is 0.296. The van der Waals surface area contributed by atoms with Crippen LogP contribution in [0.4, 0.5) is 0 Å². The molecule has 0 N–H and O–H groups in total. The Morgan fingerprint density at radius 3 is 1.35 bits per heavy atom. The van der Waals surface area contributed by atoms with Crippen LogP contribution in [-0.2, 0) is 19.7 Å². The smallest absolute Gasteiger partial charge is 0.210 e. The number of ether oxygens (including phenoxy) is 1. The normalized spacial score (nSPS) is 11.9. The molecule has 0 bridgehead atoms. The van der Waals surface area contributed by atoms with Crippen LogP contribution in [0.1, 0.15) is 110 Å². The average molecular weight is 627 g/mol. The third kappa shape index (κ3) is 11.4. The molecule has 0 unspecified atom stereocenters. The Bertz CT molecular complexity index is 1400. The molecular weight excluding hydrogens is 577 g/mol. The highest BCUT2D eigenvalue weighted by molar-refractivity contribution is 7.92. The summed E-state index contributed by atoms with van der Waals surface area (Å²) in [6.45, 7) is 2.64. The second-order valence-corrected chi connectivity index (χ2v) is 15.3. The van der Waals surface area contributed by atoms with Gasteiger partial charge in [0.05, 0.1) is 21.3 Å². The fraction of sp³-hybridized carbons (Fsp3) is 0.500. The lowest BCUT2D eigenvalue weighted by Crippen LogP contribution is -2.09. The highest BCUT2D eigenvalue weighted by atomic mass is 32.2. The van der Waals surface area contributed by atoms with Gasteiger partial charge in [-0.2, -0.15) is 0 Å². The van der Waals surface area contributed by atoms with Crippen molar-refractivity contribution in [2.75, 3.05) is 6.61 Å². The minimum Gasteiger partial charge on any atom is -0.492 e. The Morgan fingerprint density at radius 1 is 0.465 bits per heavy atom. The fourth-order valence-electron chi connectivity index (χ4n) is 5.28. The molecule has 0 amide bonds. The molecule has 0 aliphatic carbocycles. The largest absolute Gasteiger partial charge is 0.492 e. The zero-order valence-electron chi connectivity index (χ0n) is 25.9. The topological polar surface area (TPSA) is 77.5 Å². The Kier molecular flexibility index (Phi) is 15.3. The maximum absolute atomic E-state index is 13.6. The van der Waals surface area contributed by atoms with Crippen LogP contribution < -0.4 is 4.74 Å². The Morgan fingerprint density at radius 2 is 0.884 bits per heavy atom. The molecule has 236 valence electrons. The van der Waals surface area contributed by atoms with Crippen molar-refractivity contribution in [2.45, 2.75) is 129 Å². The number of sulfone groups is 2. The van der Waals surface area contributed by atoms with Crippen LogP contribution in [0.3, 0.4) is 0 Å². The predicted octanol–water partition coefficient (Wildman–Crippen LogP) is 9.99. The summed E-state index contributed by atoms with van der Waals surface area (Å²) >= 11 is 0. The molecule has 0 aliphatic rings. The van der Waals surface area contributed by atoms with Gasteiger partial charge in [0.2, 0.25) is 19.7 Å². The van der Waals surface area contributed by atoms with E-state index in [1.807, 2.05) is 0 Å². The lowest BCUT2D eigenvalue weighted by Gasteiger charge is -2.14. The SMILES string of the molecule is CCCCCCCCCCCCCCCCCCOc1ccc(S(=O)(=O)c2ccccc2)cc1S(=O)(=O)c1ccccc1. The Labute approximate surface area is 260 Å². The van der Waals surface area contributed by atoms with E-state index in [2.05, 4.69) is 6.92 Å². The Balaban J connectivity index is 1.46. The monoisotopic (exact) mass is 626 g/mol. The summed E-state index contributed by atoms with van der Waals surface area (Å²) in [5.41, 5.74) is 0. The molecule has 0 fully saturated rings. The summed E-state index contributed by atoms with van der Waals surface area (Å²) in [4.78, 5) is -0.00780. The zero-order chi connectivity index (χ0) is 30.8. The summed E-state index contributed by atoms with van der Waals surface area (Å²) in [6.07, 6.45) is 20.4. The summed E-state index contributed by atoms with van der Waals surface area (Å²) in [6, 6.07) is 20.2. The van der Waals surface area contributed by atoms with E-state index in [1.54, 1.807) is 36.4 Å². The van der Waals surface area contributed by atoms with Crippen LogP contribution >= 0.6 is 0 Å². The summed E-state index contributed by atoms with van der Waals surface area (Å²) in [5.74, 6) is 0.178. The van der Waals surface area contributed by atoms with E-state index in [4.69, 9.17) is 4.74 Å². The molecule has 0 heterocycles. The number of hydrogen-bond donors (Lipinski definition) is 0. The molecule has 0 saturated heterocycles. The van der Waals surface area contributed by atoms with Crippen molar-refractivity contribution in [2.24, 2.45) is 0 Å². The van der Waals surface area contributed by atoms with Crippen LogP contribution in [-0.4, -0.2) is 23.4 Å². The van der Waals surface area contributed by atoms with Gasteiger partial charge in [-0.25, -0.2) is 16.8 Å². The standard InChI is InChI=1S/C36H50O5S2/c1-2-3-4-5-6-7-8-9-10-11-12-13-14-15-16-23-30-41-35-29-28-34(42(37,38)32-24-19-17-20-25-32)31-36(35)43(39,40)33-26-21-18-22-27-33/h17-22,24-29,31H,2-16,23,30H2,1H3. The van der Waals surface area contributed by atoms with E-state index in [9.17, 15) is 16.8 Å². The van der Waals surface area contributed by atoms with E-state index in [0.717, 1.165) is 19.3 Å². The van der Waals surface area contributed by atoms with Gasteiger partial charge >= 0.3 is 0 Å². The molecule has 0 spiro atoms. The van der Waals surface area contributed by atoms with Gasteiger partial charge in [-0.3, -0.25) is 0 Å². The van der Waals surface area contributed by atoms with Crippen LogP contribution in [0.15, 0.2) is 98.4 Å². The first-order valence-electron chi connectivity index (χ1n) is 16.2. The van der Waals surface area contributed by atoms with Crippen molar-refractivity contribution in [3.63, 3.8) is 0 Å². The maximum Gasteiger partial charge on any atom is 0.210 e. The van der Waals surface area contributed by atoms with E-state index >= 15 is 0 Å². The summed E-state index contributed by atoms with van der Waals surface area (Å²) in [7, 11) is -7.89. The van der Waals surface area contributed by atoms with Crippen LogP contribution in [0.2, 0.25) is 0 Å². The highest BCUT2D eigenvalue weighted by Gasteiger charge is 2.26. The van der Waals surface area contributed by atoms with Gasteiger partial charge < -0.3 is 4.74 Å². The van der Waals surface area contributed by atoms with Gasteiger partial charge in [-0.15, -0.1) is 0 Å².